The van der Waals surface area contributed by atoms with E-state index >= 15 is 0 Å². The molecule has 2 aromatic heterocycles. The van der Waals surface area contributed by atoms with Crippen molar-refractivity contribution < 1.29 is 9.53 Å². The van der Waals surface area contributed by atoms with Crippen LogP contribution in [-0.2, 0) is 16.1 Å². The third kappa shape index (κ3) is 3.76. The van der Waals surface area contributed by atoms with E-state index in [1.807, 2.05) is 29.4 Å². The fraction of sp³-hybridized carbons (Fsp3) is 0.450. The van der Waals surface area contributed by atoms with E-state index in [2.05, 4.69) is 27.0 Å². The molecule has 0 N–H and O–H groups in total. The molecule has 2 aromatic rings. The van der Waals surface area contributed by atoms with Gasteiger partial charge in [-0.25, -0.2) is 0 Å². The van der Waals surface area contributed by atoms with Crippen LogP contribution in [0.25, 0.3) is 0 Å². The summed E-state index contributed by atoms with van der Waals surface area (Å²) in [7, 11) is 0. The SMILES string of the molecule is O=C(C1CN(Cc2cccnc2)C[C@@H]1c1cccnc1)N1CCOCC1. The van der Waals surface area contributed by atoms with Gasteiger partial charge in [0.2, 0.25) is 5.91 Å². The first-order valence-electron chi connectivity index (χ1n) is 9.19. The van der Waals surface area contributed by atoms with Gasteiger partial charge in [0.15, 0.2) is 0 Å². The van der Waals surface area contributed by atoms with E-state index in [9.17, 15) is 4.79 Å². The number of ether oxygens (including phenoxy) is 1. The van der Waals surface area contributed by atoms with Gasteiger partial charge in [0, 0.05) is 63.4 Å². The molecule has 2 atom stereocenters. The molecule has 2 aliphatic rings. The Labute approximate surface area is 153 Å². The van der Waals surface area contributed by atoms with Crippen molar-refractivity contribution >= 4 is 5.91 Å². The number of amides is 1. The highest BCUT2D eigenvalue weighted by molar-refractivity contribution is 5.80. The first-order valence-corrected chi connectivity index (χ1v) is 9.19. The Kier molecular flexibility index (Phi) is 5.22. The number of aromatic nitrogens is 2. The lowest BCUT2D eigenvalue weighted by Gasteiger charge is -2.31. The highest BCUT2D eigenvalue weighted by Crippen LogP contribution is 2.34. The number of hydrogen-bond donors (Lipinski definition) is 0. The van der Waals surface area contributed by atoms with Gasteiger partial charge in [0.25, 0.3) is 0 Å². The lowest BCUT2D eigenvalue weighted by Crippen LogP contribution is -2.45. The Morgan fingerprint density at radius 3 is 2.54 bits per heavy atom. The van der Waals surface area contributed by atoms with Gasteiger partial charge in [-0.3, -0.25) is 19.7 Å². The van der Waals surface area contributed by atoms with Crippen LogP contribution >= 0.6 is 0 Å². The number of pyridine rings is 2. The van der Waals surface area contributed by atoms with Crippen molar-refractivity contribution in [1.82, 2.24) is 19.8 Å². The smallest absolute Gasteiger partial charge is 0.227 e. The van der Waals surface area contributed by atoms with Crippen molar-refractivity contribution in [2.45, 2.75) is 12.5 Å². The van der Waals surface area contributed by atoms with Crippen LogP contribution in [0.2, 0.25) is 0 Å². The van der Waals surface area contributed by atoms with E-state index < -0.39 is 0 Å². The van der Waals surface area contributed by atoms with Crippen molar-refractivity contribution in [2.24, 2.45) is 5.92 Å². The second-order valence-corrected chi connectivity index (χ2v) is 6.99. The van der Waals surface area contributed by atoms with Crippen LogP contribution in [0.15, 0.2) is 49.1 Å². The van der Waals surface area contributed by atoms with E-state index in [0.29, 0.717) is 26.3 Å². The maximum Gasteiger partial charge on any atom is 0.227 e. The molecule has 2 aliphatic heterocycles. The summed E-state index contributed by atoms with van der Waals surface area (Å²) in [5, 5.41) is 0. The number of hydrogen-bond acceptors (Lipinski definition) is 5. The van der Waals surface area contributed by atoms with Gasteiger partial charge in [-0.05, 0) is 23.3 Å². The predicted octanol–water partition coefficient (Wildman–Crippen LogP) is 1.55. The number of rotatable bonds is 4. The highest BCUT2D eigenvalue weighted by atomic mass is 16.5. The number of carbonyl (C=O) groups is 1. The largest absolute Gasteiger partial charge is 0.378 e. The highest BCUT2D eigenvalue weighted by Gasteiger charge is 2.40. The maximum atomic E-state index is 13.2. The number of nitrogens with zero attached hydrogens (tertiary/aromatic N) is 4. The van der Waals surface area contributed by atoms with Crippen molar-refractivity contribution in [3.05, 3.63) is 60.2 Å². The minimum atomic E-state index is -0.0334. The fourth-order valence-electron chi connectivity index (χ4n) is 3.97. The van der Waals surface area contributed by atoms with Gasteiger partial charge in [-0.1, -0.05) is 12.1 Å². The molecule has 0 saturated carbocycles. The molecule has 136 valence electrons. The molecule has 6 heteroatoms. The van der Waals surface area contributed by atoms with Crippen molar-refractivity contribution in [2.75, 3.05) is 39.4 Å². The number of morpholine rings is 1. The molecule has 0 spiro atoms. The van der Waals surface area contributed by atoms with E-state index in [0.717, 1.165) is 25.2 Å². The van der Waals surface area contributed by atoms with Gasteiger partial charge in [0.05, 0.1) is 19.1 Å². The summed E-state index contributed by atoms with van der Waals surface area (Å²) in [6, 6.07) is 8.09. The van der Waals surface area contributed by atoms with Crippen molar-refractivity contribution in [1.29, 1.82) is 0 Å². The molecule has 1 amide bonds. The summed E-state index contributed by atoms with van der Waals surface area (Å²) in [5.41, 5.74) is 2.32. The Hall–Kier alpha value is -2.31. The van der Waals surface area contributed by atoms with E-state index in [1.165, 1.54) is 5.56 Å². The van der Waals surface area contributed by atoms with E-state index in [1.54, 1.807) is 12.4 Å². The minimum Gasteiger partial charge on any atom is -0.378 e. The summed E-state index contributed by atoms with van der Waals surface area (Å²) in [6.45, 7) is 5.10. The summed E-state index contributed by atoms with van der Waals surface area (Å²) >= 11 is 0. The molecule has 0 aliphatic carbocycles. The van der Waals surface area contributed by atoms with Crippen LogP contribution in [-0.4, -0.2) is 65.1 Å². The zero-order valence-corrected chi connectivity index (χ0v) is 14.8. The molecule has 2 fully saturated rings. The van der Waals surface area contributed by atoms with E-state index in [-0.39, 0.29) is 17.7 Å². The molecule has 2 saturated heterocycles. The lowest BCUT2D eigenvalue weighted by atomic mass is 9.89. The maximum absolute atomic E-state index is 13.2. The first kappa shape index (κ1) is 17.1. The molecule has 0 aromatic carbocycles. The van der Waals surface area contributed by atoms with Crippen LogP contribution in [0.1, 0.15) is 17.0 Å². The van der Waals surface area contributed by atoms with Crippen LogP contribution in [0.3, 0.4) is 0 Å². The second kappa shape index (κ2) is 7.93. The van der Waals surface area contributed by atoms with Gasteiger partial charge < -0.3 is 9.64 Å². The average molecular weight is 352 g/mol. The summed E-state index contributed by atoms with van der Waals surface area (Å²) in [5.74, 6) is 0.389. The van der Waals surface area contributed by atoms with Crippen LogP contribution in [0.4, 0.5) is 0 Å². The first-order chi connectivity index (χ1) is 12.8. The summed E-state index contributed by atoms with van der Waals surface area (Å²) in [4.78, 5) is 26.0. The monoisotopic (exact) mass is 352 g/mol. The minimum absolute atomic E-state index is 0.0334. The summed E-state index contributed by atoms with van der Waals surface area (Å²) in [6.07, 6.45) is 7.37. The molecular weight excluding hydrogens is 328 g/mol. The number of likely N-dealkylation sites (tertiary alicyclic amines) is 1. The topological polar surface area (TPSA) is 58.6 Å². The Bertz CT molecular complexity index is 719. The molecule has 0 bridgehead atoms. The Morgan fingerprint density at radius 2 is 1.85 bits per heavy atom. The molecule has 26 heavy (non-hydrogen) atoms. The lowest BCUT2D eigenvalue weighted by molar-refractivity contribution is -0.139. The van der Waals surface area contributed by atoms with Gasteiger partial charge in [-0.2, -0.15) is 0 Å². The third-order valence-electron chi connectivity index (χ3n) is 5.28. The Morgan fingerprint density at radius 1 is 1.08 bits per heavy atom. The quantitative estimate of drug-likeness (QED) is 0.836. The molecule has 1 unspecified atom stereocenters. The van der Waals surface area contributed by atoms with E-state index in [4.69, 9.17) is 4.74 Å². The average Bonchev–Trinajstić information content (AvgIpc) is 3.13. The zero-order chi connectivity index (χ0) is 17.8. The zero-order valence-electron chi connectivity index (χ0n) is 14.8. The number of carbonyl (C=O) groups excluding carboxylic acids is 1. The molecular formula is C20H24N4O2. The van der Waals surface area contributed by atoms with Crippen LogP contribution in [0, 0.1) is 5.92 Å². The summed E-state index contributed by atoms with van der Waals surface area (Å²) < 4.78 is 5.40. The molecule has 0 radical (unpaired) electrons. The van der Waals surface area contributed by atoms with Crippen molar-refractivity contribution in [3.8, 4) is 0 Å². The normalized spacial score (nSPS) is 23.9. The Balaban J connectivity index is 1.53. The molecule has 4 heterocycles. The van der Waals surface area contributed by atoms with Gasteiger partial charge >= 0.3 is 0 Å². The van der Waals surface area contributed by atoms with Gasteiger partial charge in [-0.15, -0.1) is 0 Å². The molecule has 4 rings (SSSR count). The fourth-order valence-corrected chi connectivity index (χ4v) is 3.97. The van der Waals surface area contributed by atoms with Gasteiger partial charge in [0.1, 0.15) is 0 Å². The predicted molar refractivity (Wildman–Crippen MR) is 97.4 cm³/mol. The standard InChI is InChI=1S/C20H24N4O2/c25-20(24-7-9-26-10-8-24)19-15-23(13-16-3-1-5-21-11-16)14-18(19)17-4-2-6-22-12-17/h1-6,11-12,18-19H,7-10,13-15H2/t18-,19?/m1/s1. The van der Waals surface area contributed by atoms with Crippen LogP contribution < -0.4 is 0 Å². The molecule has 6 nitrogen and oxygen atoms in total. The second-order valence-electron chi connectivity index (χ2n) is 6.99. The third-order valence-corrected chi connectivity index (χ3v) is 5.28. The van der Waals surface area contributed by atoms with Crippen LogP contribution in [0.5, 0.6) is 0 Å². The van der Waals surface area contributed by atoms with Crippen molar-refractivity contribution in [3.63, 3.8) is 0 Å².